The molecule has 2 aromatic heterocycles. The Morgan fingerprint density at radius 3 is 2.69 bits per heavy atom. The molecule has 0 spiro atoms. The smallest absolute Gasteiger partial charge is 0.145 e. The highest BCUT2D eigenvalue weighted by Crippen LogP contribution is 2.10. The van der Waals surface area contributed by atoms with Crippen LogP contribution in [-0.4, -0.2) is 14.4 Å². The molecule has 0 unspecified atom stereocenters. The fourth-order valence-electron chi connectivity index (χ4n) is 1.03. The van der Waals surface area contributed by atoms with Crippen molar-refractivity contribution in [3.8, 4) is 0 Å². The Labute approximate surface area is 77.4 Å². The maximum absolute atomic E-state index is 5.59. The molecule has 0 saturated carbocycles. The first-order valence-electron chi connectivity index (χ1n) is 4.33. The lowest BCUT2D eigenvalue weighted by Crippen LogP contribution is -1.89. The number of nitrogens with two attached hydrogens (primary N) is 1. The van der Waals surface area contributed by atoms with Crippen LogP contribution >= 0.6 is 0 Å². The summed E-state index contributed by atoms with van der Waals surface area (Å²) in [5.74, 6) is 0.568. The Kier molecular flexibility index (Phi) is 2.84. The van der Waals surface area contributed by atoms with Crippen LogP contribution < -0.4 is 5.73 Å². The van der Waals surface area contributed by atoms with Crippen molar-refractivity contribution in [2.45, 2.75) is 20.8 Å². The third kappa shape index (κ3) is 1.61. The molecule has 2 aromatic rings. The fourth-order valence-corrected chi connectivity index (χ4v) is 1.03. The molecule has 0 saturated heterocycles. The molecule has 2 heterocycles. The van der Waals surface area contributed by atoms with Gasteiger partial charge in [0, 0.05) is 6.20 Å². The van der Waals surface area contributed by atoms with E-state index in [0.717, 1.165) is 11.3 Å². The number of anilines is 1. The number of rotatable bonds is 0. The Hall–Kier alpha value is -1.58. The first-order valence-corrected chi connectivity index (χ1v) is 4.33. The lowest BCUT2D eigenvalue weighted by atomic mass is 10.5. The van der Waals surface area contributed by atoms with Gasteiger partial charge in [0.25, 0.3) is 0 Å². The van der Waals surface area contributed by atoms with Crippen molar-refractivity contribution in [1.82, 2.24) is 14.4 Å². The SMILES string of the molecule is CC.Cc1c(N)nc2ccncn12. The van der Waals surface area contributed by atoms with Crippen LogP contribution in [0.5, 0.6) is 0 Å². The summed E-state index contributed by atoms with van der Waals surface area (Å²) in [6.07, 6.45) is 3.40. The van der Waals surface area contributed by atoms with Gasteiger partial charge < -0.3 is 5.73 Å². The number of nitrogen functional groups attached to an aromatic ring is 1. The zero-order valence-corrected chi connectivity index (χ0v) is 8.15. The van der Waals surface area contributed by atoms with Crippen LogP contribution in [0.2, 0.25) is 0 Å². The summed E-state index contributed by atoms with van der Waals surface area (Å²) in [5.41, 5.74) is 7.37. The molecule has 0 fully saturated rings. The molecule has 13 heavy (non-hydrogen) atoms. The first kappa shape index (κ1) is 9.51. The van der Waals surface area contributed by atoms with E-state index in [9.17, 15) is 0 Å². The lowest BCUT2D eigenvalue weighted by molar-refractivity contribution is 1.04. The van der Waals surface area contributed by atoms with Gasteiger partial charge in [-0.1, -0.05) is 13.8 Å². The number of imidazole rings is 1. The topological polar surface area (TPSA) is 56.2 Å². The molecule has 0 aliphatic carbocycles. The average Bonchev–Trinajstić information content (AvgIpc) is 2.47. The van der Waals surface area contributed by atoms with E-state index in [1.54, 1.807) is 12.5 Å². The molecule has 0 amide bonds. The van der Waals surface area contributed by atoms with Crippen molar-refractivity contribution >= 4 is 11.5 Å². The van der Waals surface area contributed by atoms with E-state index >= 15 is 0 Å². The highest BCUT2D eigenvalue weighted by Gasteiger charge is 2.01. The van der Waals surface area contributed by atoms with Gasteiger partial charge in [0.15, 0.2) is 0 Å². The normalized spacial score (nSPS) is 9.46. The molecule has 0 atom stereocenters. The van der Waals surface area contributed by atoms with Gasteiger partial charge in [-0.3, -0.25) is 4.40 Å². The van der Waals surface area contributed by atoms with Crippen LogP contribution in [0, 0.1) is 6.92 Å². The van der Waals surface area contributed by atoms with Gasteiger partial charge in [-0.25, -0.2) is 9.97 Å². The van der Waals surface area contributed by atoms with Crippen molar-refractivity contribution in [3.63, 3.8) is 0 Å². The van der Waals surface area contributed by atoms with Crippen molar-refractivity contribution in [3.05, 3.63) is 24.3 Å². The Bertz CT molecular complexity index is 391. The highest BCUT2D eigenvalue weighted by molar-refractivity contribution is 5.50. The van der Waals surface area contributed by atoms with E-state index in [1.165, 1.54) is 0 Å². The predicted octanol–water partition coefficient (Wildman–Crippen LogP) is 1.65. The maximum Gasteiger partial charge on any atom is 0.145 e. The van der Waals surface area contributed by atoms with E-state index in [2.05, 4.69) is 9.97 Å². The van der Waals surface area contributed by atoms with Crippen molar-refractivity contribution in [1.29, 1.82) is 0 Å². The molecule has 0 aromatic carbocycles. The van der Waals surface area contributed by atoms with Crippen molar-refractivity contribution in [2.75, 3.05) is 5.73 Å². The second-order valence-corrected chi connectivity index (χ2v) is 2.39. The molecule has 0 aliphatic heterocycles. The van der Waals surface area contributed by atoms with Gasteiger partial charge in [-0.2, -0.15) is 0 Å². The third-order valence-electron chi connectivity index (χ3n) is 1.71. The summed E-state index contributed by atoms with van der Waals surface area (Å²) in [7, 11) is 0. The third-order valence-corrected chi connectivity index (χ3v) is 1.71. The summed E-state index contributed by atoms with van der Waals surface area (Å²) in [5, 5.41) is 0. The van der Waals surface area contributed by atoms with Crippen molar-refractivity contribution < 1.29 is 0 Å². The summed E-state index contributed by atoms with van der Waals surface area (Å²) in [6.45, 7) is 5.91. The molecule has 2 N–H and O–H groups in total. The summed E-state index contributed by atoms with van der Waals surface area (Å²) >= 11 is 0. The standard InChI is InChI=1S/C7H8N4.C2H6/c1-5-7(8)10-6-2-3-9-4-11(5)6;1-2/h2-4H,8H2,1H3;1-2H3. The Balaban J connectivity index is 0.000000396. The first-order chi connectivity index (χ1) is 6.29. The molecule has 0 radical (unpaired) electrons. The fraction of sp³-hybridized carbons (Fsp3) is 0.333. The number of fused-ring (bicyclic) bond motifs is 1. The Morgan fingerprint density at radius 1 is 1.38 bits per heavy atom. The maximum atomic E-state index is 5.59. The van der Waals surface area contributed by atoms with Gasteiger partial charge in [0.05, 0.1) is 5.69 Å². The molecule has 4 nitrogen and oxygen atoms in total. The molecule has 0 bridgehead atoms. The molecule has 4 heteroatoms. The van der Waals surface area contributed by atoms with E-state index in [1.807, 2.05) is 31.2 Å². The number of aryl methyl sites for hydroxylation is 1. The summed E-state index contributed by atoms with van der Waals surface area (Å²) in [4.78, 5) is 8.07. The van der Waals surface area contributed by atoms with Gasteiger partial charge in [-0.15, -0.1) is 0 Å². The minimum absolute atomic E-state index is 0.568. The monoisotopic (exact) mass is 178 g/mol. The van der Waals surface area contributed by atoms with Gasteiger partial charge in [0.1, 0.15) is 17.8 Å². The number of hydrogen-bond acceptors (Lipinski definition) is 3. The van der Waals surface area contributed by atoms with Crippen LogP contribution in [-0.2, 0) is 0 Å². The van der Waals surface area contributed by atoms with Gasteiger partial charge in [0.2, 0.25) is 0 Å². The van der Waals surface area contributed by atoms with Crippen LogP contribution in [0.3, 0.4) is 0 Å². The quantitative estimate of drug-likeness (QED) is 0.667. The van der Waals surface area contributed by atoms with Crippen LogP contribution in [0.15, 0.2) is 18.6 Å². The predicted molar refractivity (Wildman–Crippen MR) is 53.5 cm³/mol. The van der Waals surface area contributed by atoms with Gasteiger partial charge >= 0.3 is 0 Å². The second kappa shape index (κ2) is 3.89. The minimum atomic E-state index is 0.568. The number of aromatic nitrogens is 3. The molecular weight excluding hydrogens is 164 g/mol. The molecule has 70 valence electrons. The molecule has 0 aliphatic rings. The van der Waals surface area contributed by atoms with E-state index in [0.29, 0.717) is 5.82 Å². The summed E-state index contributed by atoms with van der Waals surface area (Å²) < 4.78 is 1.86. The number of nitrogens with zero attached hydrogens (tertiary/aromatic N) is 3. The van der Waals surface area contributed by atoms with E-state index < -0.39 is 0 Å². The van der Waals surface area contributed by atoms with E-state index in [4.69, 9.17) is 5.73 Å². The molecular formula is C9H14N4. The minimum Gasteiger partial charge on any atom is -0.382 e. The van der Waals surface area contributed by atoms with Crippen LogP contribution in [0.25, 0.3) is 5.65 Å². The van der Waals surface area contributed by atoms with Gasteiger partial charge in [-0.05, 0) is 13.0 Å². The second-order valence-electron chi connectivity index (χ2n) is 2.39. The van der Waals surface area contributed by atoms with E-state index in [-0.39, 0.29) is 0 Å². The zero-order valence-electron chi connectivity index (χ0n) is 8.15. The average molecular weight is 178 g/mol. The van der Waals surface area contributed by atoms with Crippen molar-refractivity contribution in [2.24, 2.45) is 0 Å². The number of hydrogen-bond donors (Lipinski definition) is 1. The zero-order chi connectivity index (χ0) is 9.84. The highest BCUT2D eigenvalue weighted by atomic mass is 15.1. The Morgan fingerprint density at radius 2 is 2.08 bits per heavy atom. The van der Waals surface area contributed by atoms with Crippen LogP contribution in [0.1, 0.15) is 19.5 Å². The molecule has 2 rings (SSSR count). The van der Waals surface area contributed by atoms with Crippen LogP contribution in [0.4, 0.5) is 5.82 Å². The summed E-state index contributed by atoms with van der Waals surface area (Å²) in [6, 6.07) is 1.82. The lowest BCUT2D eigenvalue weighted by Gasteiger charge is -1.91. The largest absolute Gasteiger partial charge is 0.382 e.